The molecule has 0 spiro atoms. The van der Waals surface area contributed by atoms with E-state index in [1.54, 1.807) is 37.3 Å². The quantitative estimate of drug-likeness (QED) is 0.795. The molecule has 0 fully saturated rings. The van der Waals surface area contributed by atoms with Crippen molar-refractivity contribution in [1.29, 1.82) is 0 Å². The Morgan fingerprint density at radius 3 is 2.81 bits per heavy atom. The molecule has 0 bridgehead atoms. The van der Waals surface area contributed by atoms with E-state index < -0.39 is 5.97 Å². The van der Waals surface area contributed by atoms with Crippen LogP contribution in [0.3, 0.4) is 0 Å². The molecule has 106 valence electrons. The molecule has 0 saturated carbocycles. The lowest BCUT2D eigenvalue weighted by molar-refractivity contribution is 0.0696. The summed E-state index contributed by atoms with van der Waals surface area (Å²) >= 11 is 0. The van der Waals surface area contributed by atoms with Crippen molar-refractivity contribution in [2.45, 2.75) is 13.5 Å². The summed E-state index contributed by atoms with van der Waals surface area (Å²) in [5.74, 6) is -0.875. The number of nitrogens with zero attached hydrogens (tertiary/aromatic N) is 2. The highest BCUT2D eigenvalue weighted by atomic mass is 16.4. The van der Waals surface area contributed by atoms with Crippen molar-refractivity contribution >= 4 is 16.9 Å². The van der Waals surface area contributed by atoms with Gasteiger partial charge in [0.1, 0.15) is 23.5 Å². The van der Waals surface area contributed by atoms with E-state index in [0.717, 1.165) is 0 Å². The second-order valence-corrected chi connectivity index (χ2v) is 4.67. The Morgan fingerprint density at radius 2 is 2.05 bits per heavy atom. The van der Waals surface area contributed by atoms with Gasteiger partial charge in [-0.05, 0) is 19.1 Å². The van der Waals surface area contributed by atoms with Crippen molar-refractivity contribution in [3.8, 4) is 0 Å². The van der Waals surface area contributed by atoms with Gasteiger partial charge in [0.2, 0.25) is 0 Å². The van der Waals surface area contributed by atoms with Crippen LogP contribution in [-0.4, -0.2) is 20.9 Å². The zero-order valence-corrected chi connectivity index (χ0v) is 11.2. The highest BCUT2D eigenvalue weighted by Gasteiger charge is 2.20. The van der Waals surface area contributed by atoms with Crippen LogP contribution in [0.25, 0.3) is 11.0 Å². The number of carbonyl (C=O) groups is 1. The van der Waals surface area contributed by atoms with Gasteiger partial charge in [0.25, 0.3) is 5.56 Å². The Morgan fingerprint density at radius 1 is 1.29 bits per heavy atom. The lowest BCUT2D eigenvalue weighted by atomic mass is 10.1. The van der Waals surface area contributed by atoms with Gasteiger partial charge in [0, 0.05) is 11.5 Å². The molecule has 3 aromatic rings. The fourth-order valence-corrected chi connectivity index (χ4v) is 2.24. The largest absolute Gasteiger partial charge is 0.478 e. The maximum absolute atomic E-state index is 11.8. The monoisotopic (exact) mass is 284 g/mol. The number of hydrogen-bond donors (Lipinski definition) is 1. The molecule has 0 aliphatic heterocycles. The molecule has 2 heterocycles. The number of aryl methyl sites for hydroxylation is 1. The highest BCUT2D eigenvalue weighted by molar-refractivity contribution is 6.03. The highest BCUT2D eigenvalue weighted by Crippen LogP contribution is 2.26. The molecule has 0 saturated heterocycles. The number of fused-ring (bicyclic) bond motifs is 1. The first-order chi connectivity index (χ1) is 10.1. The number of benzene rings is 1. The van der Waals surface area contributed by atoms with Gasteiger partial charge in [-0.2, -0.15) is 5.10 Å². The van der Waals surface area contributed by atoms with E-state index in [9.17, 15) is 14.7 Å². The predicted molar refractivity (Wildman–Crippen MR) is 75.5 cm³/mol. The minimum atomic E-state index is -1.09. The summed E-state index contributed by atoms with van der Waals surface area (Å²) in [7, 11) is 0. The Labute approximate surface area is 119 Å². The normalized spacial score (nSPS) is 10.9. The Hall–Kier alpha value is -2.89. The van der Waals surface area contributed by atoms with Gasteiger partial charge in [0.05, 0.1) is 5.69 Å². The lowest BCUT2D eigenvalue weighted by Gasteiger charge is -2.03. The molecule has 0 atom stereocenters. The van der Waals surface area contributed by atoms with Crippen molar-refractivity contribution in [3.63, 3.8) is 0 Å². The molecule has 6 nitrogen and oxygen atoms in total. The van der Waals surface area contributed by atoms with Crippen LogP contribution >= 0.6 is 0 Å². The van der Waals surface area contributed by atoms with Crippen molar-refractivity contribution in [2.24, 2.45) is 0 Å². The molecule has 21 heavy (non-hydrogen) atoms. The molecular weight excluding hydrogens is 272 g/mol. The standard InChI is InChI=1S/C15H12N2O4/c1-9-6-7-13(18)17(16-9)8-12-14(15(19)20)10-4-2-3-5-11(10)21-12/h2-7H,8H2,1H3,(H,19,20). The third kappa shape index (κ3) is 2.31. The lowest BCUT2D eigenvalue weighted by Crippen LogP contribution is -2.23. The summed E-state index contributed by atoms with van der Waals surface area (Å²) in [6, 6.07) is 9.88. The van der Waals surface area contributed by atoms with E-state index in [0.29, 0.717) is 16.7 Å². The summed E-state index contributed by atoms with van der Waals surface area (Å²) in [5.41, 5.74) is 0.909. The number of rotatable bonds is 3. The summed E-state index contributed by atoms with van der Waals surface area (Å²) < 4.78 is 6.77. The maximum atomic E-state index is 11.8. The van der Waals surface area contributed by atoms with Gasteiger partial charge < -0.3 is 9.52 Å². The third-order valence-corrected chi connectivity index (χ3v) is 3.18. The minimum Gasteiger partial charge on any atom is -0.478 e. The Balaban J connectivity index is 2.16. The first-order valence-electron chi connectivity index (χ1n) is 6.35. The topological polar surface area (TPSA) is 85.3 Å². The second kappa shape index (κ2) is 4.90. The summed E-state index contributed by atoms with van der Waals surface area (Å²) in [4.78, 5) is 23.3. The van der Waals surface area contributed by atoms with Crippen molar-refractivity contribution in [1.82, 2.24) is 9.78 Å². The number of carboxylic acid groups (broad SMARTS) is 1. The van der Waals surface area contributed by atoms with Crippen LogP contribution in [0.2, 0.25) is 0 Å². The molecule has 1 N–H and O–H groups in total. The SMILES string of the molecule is Cc1ccc(=O)n(Cc2oc3ccccc3c2C(=O)O)n1. The number of aromatic nitrogens is 2. The number of carboxylic acids is 1. The molecule has 0 unspecified atom stereocenters. The van der Waals surface area contributed by atoms with E-state index >= 15 is 0 Å². The van der Waals surface area contributed by atoms with Crippen LogP contribution in [0, 0.1) is 6.92 Å². The van der Waals surface area contributed by atoms with Crippen LogP contribution in [0.1, 0.15) is 21.8 Å². The molecule has 0 aliphatic rings. The third-order valence-electron chi connectivity index (χ3n) is 3.18. The van der Waals surface area contributed by atoms with Gasteiger partial charge in [0.15, 0.2) is 0 Å². The fraction of sp³-hybridized carbons (Fsp3) is 0.133. The smallest absolute Gasteiger partial charge is 0.339 e. The molecule has 0 radical (unpaired) electrons. The van der Waals surface area contributed by atoms with E-state index in [2.05, 4.69) is 5.10 Å². The molecule has 1 aromatic carbocycles. The number of para-hydroxylation sites is 1. The van der Waals surface area contributed by atoms with Gasteiger partial charge >= 0.3 is 5.97 Å². The Bertz CT molecular complexity index is 892. The predicted octanol–water partition coefficient (Wildman–Crippen LogP) is 2.04. The zero-order valence-electron chi connectivity index (χ0n) is 11.2. The van der Waals surface area contributed by atoms with E-state index in [4.69, 9.17) is 4.42 Å². The Kier molecular flexibility index (Phi) is 3.06. The average Bonchev–Trinajstić information content (AvgIpc) is 2.80. The molecule has 0 aliphatic carbocycles. The first kappa shape index (κ1) is 13.1. The van der Waals surface area contributed by atoms with Gasteiger partial charge in [-0.25, -0.2) is 9.48 Å². The number of furan rings is 1. The van der Waals surface area contributed by atoms with E-state index in [-0.39, 0.29) is 23.4 Å². The maximum Gasteiger partial charge on any atom is 0.339 e. The summed E-state index contributed by atoms with van der Waals surface area (Å²) in [5, 5.41) is 14.0. The molecule has 6 heteroatoms. The van der Waals surface area contributed by atoms with Gasteiger partial charge in [-0.1, -0.05) is 18.2 Å². The molecule has 0 amide bonds. The second-order valence-electron chi connectivity index (χ2n) is 4.67. The first-order valence-corrected chi connectivity index (χ1v) is 6.35. The van der Waals surface area contributed by atoms with Crippen molar-refractivity contribution in [3.05, 3.63) is 63.8 Å². The molecular formula is C15H12N2O4. The van der Waals surface area contributed by atoms with Crippen molar-refractivity contribution in [2.75, 3.05) is 0 Å². The molecule has 3 rings (SSSR count). The van der Waals surface area contributed by atoms with Crippen LogP contribution in [0.5, 0.6) is 0 Å². The minimum absolute atomic E-state index is 0.0170. The fourth-order valence-electron chi connectivity index (χ4n) is 2.24. The number of aromatic carboxylic acids is 1. The number of hydrogen-bond acceptors (Lipinski definition) is 4. The average molecular weight is 284 g/mol. The summed E-state index contributed by atoms with van der Waals surface area (Å²) in [6.07, 6.45) is 0. The van der Waals surface area contributed by atoms with E-state index in [1.807, 2.05) is 0 Å². The summed E-state index contributed by atoms with van der Waals surface area (Å²) in [6.45, 7) is 1.74. The molecule has 2 aromatic heterocycles. The van der Waals surface area contributed by atoms with E-state index in [1.165, 1.54) is 10.7 Å². The van der Waals surface area contributed by atoms with Crippen LogP contribution < -0.4 is 5.56 Å². The van der Waals surface area contributed by atoms with Crippen LogP contribution in [-0.2, 0) is 6.54 Å². The van der Waals surface area contributed by atoms with Crippen molar-refractivity contribution < 1.29 is 14.3 Å². The van der Waals surface area contributed by atoms with Crippen LogP contribution in [0.15, 0.2) is 45.6 Å². The van der Waals surface area contributed by atoms with Gasteiger partial charge in [-0.15, -0.1) is 0 Å². The van der Waals surface area contributed by atoms with Gasteiger partial charge in [-0.3, -0.25) is 4.79 Å². The van der Waals surface area contributed by atoms with Crippen LogP contribution in [0.4, 0.5) is 0 Å². The zero-order chi connectivity index (χ0) is 15.0.